The van der Waals surface area contributed by atoms with Gasteiger partial charge in [-0.25, -0.2) is 9.18 Å². The number of aromatic nitrogens is 2. The van der Waals surface area contributed by atoms with Gasteiger partial charge in [0.2, 0.25) is 5.13 Å². The van der Waals surface area contributed by atoms with Gasteiger partial charge in [-0.05, 0) is 66.1 Å². The van der Waals surface area contributed by atoms with E-state index in [2.05, 4.69) is 10.2 Å². The molecule has 218 valence electrons. The average molecular weight is 618 g/mol. The maximum Gasteiger partial charge on any atom is 0.337 e. The van der Waals surface area contributed by atoms with Crippen molar-refractivity contribution < 1.29 is 33.4 Å². The molecule has 2 aliphatic rings. The van der Waals surface area contributed by atoms with Crippen molar-refractivity contribution in [3.8, 4) is 5.75 Å². The number of aliphatic hydroxyl groups excluding tert-OH is 1. The highest BCUT2D eigenvalue weighted by atomic mass is 32.2. The van der Waals surface area contributed by atoms with Gasteiger partial charge >= 0.3 is 11.9 Å². The van der Waals surface area contributed by atoms with Gasteiger partial charge < -0.3 is 14.6 Å². The van der Waals surface area contributed by atoms with E-state index in [9.17, 15) is 23.9 Å². The van der Waals surface area contributed by atoms with E-state index in [1.165, 1.54) is 48.0 Å². The number of rotatable bonds is 7. The number of ether oxygens (including phenoxy) is 2. The zero-order valence-electron chi connectivity index (χ0n) is 22.9. The Kier molecular flexibility index (Phi) is 7.72. The molecule has 43 heavy (non-hydrogen) atoms. The molecular weight excluding hydrogens is 593 g/mol. The second kappa shape index (κ2) is 11.6. The summed E-state index contributed by atoms with van der Waals surface area (Å²) in [6.07, 6.45) is 0.630. The summed E-state index contributed by atoms with van der Waals surface area (Å²) in [5, 5.41) is 20.1. The van der Waals surface area contributed by atoms with Crippen molar-refractivity contribution in [1.82, 2.24) is 10.2 Å². The highest BCUT2D eigenvalue weighted by Gasteiger charge is 2.48. The molecule has 0 radical (unpaired) electrons. The maximum absolute atomic E-state index is 13.6. The zero-order chi connectivity index (χ0) is 30.2. The Bertz CT molecular complexity index is 1770. The first kappa shape index (κ1) is 28.6. The number of carbonyl (C=O) groups excluding carboxylic acids is 3. The lowest BCUT2D eigenvalue weighted by molar-refractivity contribution is -0.132. The van der Waals surface area contributed by atoms with E-state index in [4.69, 9.17) is 9.47 Å². The molecule has 0 saturated carbocycles. The third kappa shape index (κ3) is 5.51. The quantitative estimate of drug-likeness (QED) is 0.0695. The van der Waals surface area contributed by atoms with Crippen LogP contribution in [0.4, 0.5) is 9.52 Å². The van der Waals surface area contributed by atoms with Crippen molar-refractivity contribution in [2.75, 3.05) is 12.0 Å². The van der Waals surface area contributed by atoms with Crippen LogP contribution in [0.2, 0.25) is 0 Å². The molecule has 1 aromatic heterocycles. The van der Waals surface area contributed by atoms with E-state index in [-0.39, 0.29) is 33.9 Å². The number of hydrogen-bond acceptors (Lipinski definition) is 10. The van der Waals surface area contributed by atoms with Crippen molar-refractivity contribution in [2.45, 2.75) is 35.6 Å². The topological polar surface area (TPSA) is 119 Å². The lowest BCUT2D eigenvalue weighted by Crippen LogP contribution is -2.29. The molecule has 2 aliphatic heterocycles. The van der Waals surface area contributed by atoms with Crippen LogP contribution in [0.15, 0.2) is 76.6 Å². The van der Waals surface area contributed by atoms with Gasteiger partial charge in [0.1, 0.15) is 23.4 Å². The van der Waals surface area contributed by atoms with E-state index in [0.29, 0.717) is 33.4 Å². The van der Waals surface area contributed by atoms with Gasteiger partial charge in [0, 0.05) is 17.7 Å². The smallest absolute Gasteiger partial charge is 0.337 e. The number of halogens is 1. The van der Waals surface area contributed by atoms with E-state index in [1.807, 2.05) is 6.92 Å². The minimum absolute atomic E-state index is 0.0150. The second-order valence-electron chi connectivity index (χ2n) is 10.0. The van der Waals surface area contributed by atoms with Crippen LogP contribution >= 0.6 is 23.1 Å². The summed E-state index contributed by atoms with van der Waals surface area (Å²) in [5.41, 5.74) is 2.78. The third-order valence-corrected chi connectivity index (χ3v) is 9.27. The molecule has 3 aromatic carbocycles. The third-order valence-electron chi connectivity index (χ3n) is 7.14. The predicted octanol–water partition coefficient (Wildman–Crippen LogP) is 5.71. The number of thioether (sulfide) groups is 1. The molecular formula is C31H24FN3O6S2. The fourth-order valence-electron chi connectivity index (χ4n) is 5.07. The van der Waals surface area contributed by atoms with Crippen molar-refractivity contribution in [1.29, 1.82) is 0 Å². The minimum Gasteiger partial charge on any atom is -0.507 e. The van der Waals surface area contributed by atoms with E-state index < -0.39 is 23.7 Å². The Balaban J connectivity index is 1.39. The molecule has 12 heteroatoms. The number of ketones is 1. The second-order valence-corrected chi connectivity index (χ2v) is 12.2. The SMILES string of the molecule is COC(=O)c1ccc([C@H]2C(=C(O)c3ccc4c(c3)C[C@H](C)O4)C(=O)C(=O)N2c2nnc(SCc3ccc(F)cc3)s2)cc1. The summed E-state index contributed by atoms with van der Waals surface area (Å²) in [6, 6.07) is 16.5. The molecule has 0 aliphatic carbocycles. The number of methoxy groups -OCH3 is 1. The summed E-state index contributed by atoms with van der Waals surface area (Å²) in [7, 11) is 1.27. The molecule has 1 saturated heterocycles. The molecule has 4 aromatic rings. The van der Waals surface area contributed by atoms with Crippen LogP contribution in [0.25, 0.3) is 5.76 Å². The number of benzene rings is 3. The first-order chi connectivity index (χ1) is 20.7. The van der Waals surface area contributed by atoms with Crippen LogP contribution in [-0.2, 0) is 26.5 Å². The largest absolute Gasteiger partial charge is 0.507 e. The van der Waals surface area contributed by atoms with Crippen LogP contribution in [0, 0.1) is 5.82 Å². The van der Waals surface area contributed by atoms with Gasteiger partial charge in [-0.3, -0.25) is 14.5 Å². The average Bonchev–Trinajstić information content (AvgIpc) is 3.71. The molecule has 0 bridgehead atoms. The van der Waals surface area contributed by atoms with E-state index >= 15 is 0 Å². The highest BCUT2D eigenvalue weighted by molar-refractivity contribution is 8.00. The lowest BCUT2D eigenvalue weighted by atomic mass is 9.94. The fraction of sp³-hybridized carbons (Fsp3) is 0.194. The van der Waals surface area contributed by atoms with Gasteiger partial charge in [0.25, 0.3) is 5.78 Å². The lowest BCUT2D eigenvalue weighted by Gasteiger charge is -2.22. The number of nitrogens with zero attached hydrogens (tertiary/aromatic N) is 3. The van der Waals surface area contributed by atoms with Crippen LogP contribution in [0.1, 0.15) is 45.6 Å². The summed E-state index contributed by atoms with van der Waals surface area (Å²) in [5.74, 6) is -1.74. The van der Waals surface area contributed by atoms with Gasteiger partial charge in [-0.15, -0.1) is 10.2 Å². The zero-order valence-corrected chi connectivity index (χ0v) is 24.6. The van der Waals surface area contributed by atoms with Crippen LogP contribution < -0.4 is 9.64 Å². The van der Waals surface area contributed by atoms with Crippen LogP contribution in [0.5, 0.6) is 5.75 Å². The van der Waals surface area contributed by atoms with E-state index in [0.717, 1.165) is 22.5 Å². The molecule has 0 spiro atoms. The Labute approximate surface area is 254 Å². The highest BCUT2D eigenvalue weighted by Crippen LogP contribution is 2.44. The van der Waals surface area contributed by atoms with Crippen molar-refractivity contribution in [3.63, 3.8) is 0 Å². The van der Waals surface area contributed by atoms with Crippen molar-refractivity contribution in [2.24, 2.45) is 0 Å². The van der Waals surface area contributed by atoms with Crippen LogP contribution in [-0.4, -0.2) is 46.2 Å². The molecule has 1 N–H and O–H groups in total. The van der Waals surface area contributed by atoms with Crippen molar-refractivity contribution >= 4 is 51.6 Å². The number of fused-ring (bicyclic) bond motifs is 1. The number of aliphatic hydroxyl groups is 1. The van der Waals surface area contributed by atoms with Gasteiger partial charge in [-0.1, -0.05) is 47.4 Å². The number of amides is 1. The molecule has 2 atom stereocenters. The summed E-state index contributed by atoms with van der Waals surface area (Å²) in [4.78, 5) is 40.4. The first-order valence-electron chi connectivity index (χ1n) is 13.2. The molecule has 1 fully saturated rings. The minimum atomic E-state index is -1.04. The number of hydrogen-bond donors (Lipinski definition) is 1. The number of carbonyl (C=O) groups is 3. The Hall–Kier alpha value is -4.55. The molecule has 3 heterocycles. The normalized spacial score (nSPS) is 18.9. The Morgan fingerprint density at radius 1 is 1.09 bits per heavy atom. The Morgan fingerprint density at radius 2 is 1.81 bits per heavy atom. The van der Waals surface area contributed by atoms with Gasteiger partial charge in [0.05, 0.1) is 24.3 Å². The molecule has 6 rings (SSSR count). The first-order valence-corrected chi connectivity index (χ1v) is 15.0. The van der Waals surface area contributed by atoms with Gasteiger partial charge in [-0.2, -0.15) is 0 Å². The summed E-state index contributed by atoms with van der Waals surface area (Å²) < 4.78 is 24.4. The molecule has 9 nitrogen and oxygen atoms in total. The summed E-state index contributed by atoms with van der Waals surface area (Å²) in [6.45, 7) is 1.94. The number of Topliss-reactive ketones (excluding diaryl/α,β-unsaturated/α-hetero) is 1. The molecule has 0 unspecified atom stereocenters. The monoisotopic (exact) mass is 617 g/mol. The maximum atomic E-state index is 13.6. The Morgan fingerprint density at radius 3 is 2.53 bits per heavy atom. The van der Waals surface area contributed by atoms with Crippen molar-refractivity contribution in [3.05, 3.63) is 106 Å². The number of esters is 1. The van der Waals surface area contributed by atoms with E-state index in [1.54, 1.807) is 42.5 Å². The van der Waals surface area contributed by atoms with Gasteiger partial charge in [0.15, 0.2) is 4.34 Å². The fourth-order valence-corrected chi connectivity index (χ4v) is 6.90. The summed E-state index contributed by atoms with van der Waals surface area (Å²) >= 11 is 2.48. The molecule has 1 amide bonds. The predicted molar refractivity (Wildman–Crippen MR) is 159 cm³/mol. The number of anilines is 1. The van der Waals surface area contributed by atoms with Crippen LogP contribution in [0.3, 0.4) is 0 Å². The standard InChI is InChI=1S/C31H24FN3O6S2/c1-16-13-21-14-20(9-12-23(21)41-16)26(36)24-25(18-5-7-19(8-6-18)29(39)40-2)35(28(38)27(24)37)30-33-34-31(43-30)42-15-17-3-10-22(32)11-4-17/h3-12,14,16,25,36H,13,15H2,1-2H3/t16-,25-/m0/s1.